The van der Waals surface area contributed by atoms with E-state index in [1.807, 2.05) is 29.1 Å². The number of rotatable bonds is 5. The monoisotopic (exact) mass is 354 g/mol. The molecule has 0 bridgehead atoms. The number of piperidine rings is 1. The van der Waals surface area contributed by atoms with Crippen molar-refractivity contribution < 1.29 is 9.53 Å². The summed E-state index contributed by atoms with van der Waals surface area (Å²) in [5.74, 6) is 1.01. The molecule has 26 heavy (non-hydrogen) atoms. The highest BCUT2D eigenvalue weighted by molar-refractivity contribution is 5.93. The van der Waals surface area contributed by atoms with Gasteiger partial charge in [-0.2, -0.15) is 5.10 Å². The van der Waals surface area contributed by atoms with Crippen molar-refractivity contribution in [3.05, 3.63) is 47.7 Å². The summed E-state index contributed by atoms with van der Waals surface area (Å²) in [6.07, 6.45) is 4.51. The van der Waals surface area contributed by atoms with Crippen molar-refractivity contribution in [1.29, 1.82) is 0 Å². The molecule has 6 heteroatoms. The number of nitrogens with one attached hydrogen (secondary N) is 1. The number of hydrogen-bond donors (Lipinski definition) is 1. The molecule has 1 saturated heterocycles. The number of amides is 1. The topological polar surface area (TPSA) is 59.4 Å². The summed E-state index contributed by atoms with van der Waals surface area (Å²) in [6, 6.07) is 10.5. The fraction of sp³-hybridized carbons (Fsp3) is 0.500. The van der Waals surface area contributed by atoms with Crippen molar-refractivity contribution in [2.75, 3.05) is 32.1 Å². The first-order valence-corrected chi connectivity index (χ1v) is 9.38. The summed E-state index contributed by atoms with van der Waals surface area (Å²) >= 11 is 0. The fourth-order valence-corrected chi connectivity index (χ4v) is 3.88. The first-order chi connectivity index (χ1) is 12.7. The SMILES string of the molecule is CN1CCC(n2ncc3c2NC(=O)CC3COCc2ccccc2)CC1. The van der Waals surface area contributed by atoms with Gasteiger partial charge in [0.25, 0.3) is 0 Å². The number of likely N-dealkylation sites (tertiary alicyclic amines) is 1. The Labute approximate surface area is 154 Å². The van der Waals surface area contributed by atoms with Crippen LogP contribution in [0.1, 0.15) is 42.3 Å². The van der Waals surface area contributed by atoms with Gasteiger partial charge in [-0.1, -0.05) is 30.3 Å². The van der Waals surface area contributed by atoms with Crippen LogP contribution in [-0.2, 0) is 16.1 Å². The summed E-state index contributed by atoms with van der Waals surface area (Å²) in [7, 11) is 2.15. The lowest BCUT2D eigenvalue weighted by Crippen LogP contribution is -2.33. The first kappa shape index (κ1) is 17.2. The number of aromatic nitrogens is 2. The third-order valence-electron chi connectivity index (χ3n) is 5.42. The lowest BCUT2D eigenvalue weighted by atomic mass is 9.95. The highest BCUT2D eigenvalue weighted by Crippen LogP contribution is 2.36. The van der Waals surface area contributed by atoms with Crippen LogP contribution >= 0.6 is 0 Å². The van der Waals surface area contributed by atoms with Crippen LogP contribution in [0.3, 0.4) is 0 Å². The largest absolute Gasteiger partial charge is 0.376 e. The molecule has 1 atom stereocenters. The smallest absolute Gasteiger partial charge is 0.226 e. The van der Waals surface area contributed by atoms with E-state index < -0.39 is 0 Å². The van der Waals surface area contributed by atoms with Gasteiger partial charge in [-0.3, -0.25) is 4.79 Å². The molecule has 1 unspecified atom stereocenters. The minimum atomic E-state index is 0.0560. The predicted molar refractivity (Wildman–Crippen MR) is 100 cm³/mol. The quantitative estimate of drug-likeness (QED) is 0.897. The van der Waals surface area contributed by atoms with Crippen LogP contribution in [0.5, 0.6) is 0 Å². The second kappa shape index (κ2) is 7.60. The molecule has 0 saturated carbocycles. The summed E-state index contributed by atoms with van der Waals surface area (Å²) in [5, 5.41) is 7.67. The van der Waals surface area contributed by atoms with E-state index in [1.54, 1.807) is 0 Å². The Morgan fingerprint density at radius 3 is 2.77 bits per heavy atom. The zero-order chi connectivity index (χ0) is 17.9. The molecule has 1 fully saturated rings. The normalized spacial score (nSPS) is 21.4. The zero-order valence-electron chi connectivity index (χ0n) is 15.2. The third-order valence-corrected chi connectivity index (χ3v) is 5.42. The average molecular weight is 354 g/mol. The Kier molecular flexibility index (Phi) is 5.04. The van der Waals surface area contributed by atoms with Gasteiger partial charge in [0, 0.05) is 17.9 Å². The lowest BCUT2D eigenvalue weighted by molar-refractivity contribution is -0.117. The second-order valence-electron chi connectivity index (χ2n) is 7.38. The Bertz CT molecular complexity index is 750. The summed E-state index contributed by atoms with van der Waals surface area (Å²) in [4.78, 5) is 14.6. The lowest BCUT2D eigenvalue weighted by Gasteiger charge is -2.31. The van der Waals surface area contributed by atoms with Crippen LogP contribution < -0.4 is 5.32 Å². The number of nitrogens with zero attached hydrogens (tertiary/aromatic N) is 3. The molecule has 3 heterocycles. The van der Waals surface area contributed by atoms with Crippen LogP contribution in [-0.4, -0.2) is 47.3 Å². The van der Waals surface area contributed by atoms with Crippen molar-refractivity contribution in [1.82, 2.24) is 14.7 Å². The van der Waals surface area contributed by atoms with Crippen LogP contribution in [0.15, 0.2) is 36.5 Å². The minimum absolute atomic E-state index is 0.0560. The Hall–Kier alpha value is -2.18. The Morgan fingerprint density at radius 1 is 1.23 bits per heavy atom. The third kappa shape index (κ3) is 3.66. The van der Waals surface area contributed by atoms with Gasteiger partial charge in [-0.15, -0.1) is 0 Å². The van der Waals surface area contributed by atoms with Gasteiger partial charge in [-0.05, 0) is 38.5 Å². The molecule has 4 rings (SSSR count). The Morgan fingerprint density at radius 2 is 2.00 bits per heavy atom. The van der Waals surface area contributed by atoms with Crippen molar-refractivity contribution in [3.8, 4) is 0 Å². The molecule has 1 aromatic carbocycles. The van der Waals surface area contributed by atoms with Crippen molar-refractivity contribution in [2.45, 2.75) is 37.8 Å². The van der Waals surface area contributed by atoms with Crippen LogP contribution in [0.25, 0.3) is 0 Å². The number of carbonyl (C=O) groups is 1. The molecule has 2 aliphatic rings. The summed E-state index contributed by atoms with van der Waals surface area (Å²) in [5.41, 5.74) is 2.26. The number of benzene rings is 1. The minimum Gasteiger partial charge on any atom is -0.376 e. The number of hydrogen-bond acceptors (Lipinski definition) is 4. The van der Waals surface area contributed by atoms with E-state index >= 15 is 0 Å². The molecule has 1 N–H and O–H groups in total. The molecule has 0 aliphatic carbocycles. The molecule has 0 radical (unpaired) electrons. The molecule has 0 spiro atoms. The van der Waals surface area contributed by atoms with Gasteiger partial charge in [0.05, 0.1) is 25.5 Å². The maximum absolute atomic E-state index is 12.2. The summed E-state index contributed by atoms with van der Waals surface area (Å²) in [6.45, 7) is 3.24. The van der Waals surface area contributed by atoms with Gasteiger partial charge in [0.15, 0.2) is 0 Å². The molecule has 1 aromatic heterocycles. The van der Waals surface area contributed by atoms with E-state index in [0.717, 1.165) is 42.9 Å². The van der Waals surface area contributed by atoms with E-state index in [9.17, 15) is 4.79 Å². The van der Waals surface area contributed by atoms with Crippen molar-refractivity contribution in [2.24, 2.45) is 0 Å². The standard InChI is InChI=1S/C20H26N4O2/c1-23-9-7-17(8-10-23)24-20-18(12-21-24)16(11-19(25)22-20)14-26-13-15-5-3-2-4-6-15/h2-6,12,16-17H,7-11,13-14H2,1H3,(H,22,25). The van der Waals surface area contributed by atoms with Gasteiger partial charge in [0.2, 0.25) is 5.91 Å². The predicted octanol–water partition coefficient (Wildman–Crippen LogP) is 2.79. The molecule has 138 valence electrons. The second-order valence-corrected chi connectivity index (χ2v) is 7.38. The zero-order valence-corrected chi connectivity index (χ0v) is 15.2. The highest BCUT2D eigenvalue weighted by Gasteiger charge is 2.31. The number of carbonyl (C=O) groups excluding carboxylic acids is 1. The van der Waals surface area contributed by atoms with Crippen LogP contribution in [0, 0.1) is 0 Å². The van der Waals surface area contributed by atoms with E-state index in [0.29, 0.717) is 25.7 Å². The fourth-order valence-electron chi connectivity index (χ4n) is 3.88. The van der Waals surface area contributed by atoms with Crippen LogP contribution in [0.4, 0.5) is 5.82 Å². The van der Waals surface area contributed by atoms with E-state index in [4.69, 9.17) is 4.74 Å². The molecule has 2 aromatic rings. The molecule has 1 amide bonds. The van der Waals surface area contributed by atoms with Crippen LogP contribution in [0.2, 0.25) is 0 Å². The highest BCUT2D eigenvalue weighted by atomic mass is 16.5. The van der Waals surface area contributed by atoms with E-state index in [1.165, 1.54) is 0 Å². The van der Waals surface area contributed by atoms with Crippen molar-refractivity contribution in [3.63, 3.8) is 0 Å². The van der Waals surface area contributed by atoms with E-state index in [-0.39, 0.29) is 11.8 Å². The van der Waals surface area contributed by atoms with Gasteiger partial charge in [-0.25, -0.2) is 4.68 Å². The maximum atomic E-state index is 12.2. The Balaban J connectivity index is 1.45. The number of anilines is 1. The van der Waals surface area contributed by atoms with Gasteiger partial charge < -0.3 is 15.0 Å². The molecule has 6 nitrogen and oxygen atoms in total. The van der Waals surface area contributed by atoms with Gasteiger partial charge >= 0.3 is 0 Å². The molecular weight excluding hydrogens is 328 g/mol. The molecular formula is C20H26N4O2. The first-order valence-electron chi connectivity index (χ1n) is 9.38. The maximum Gasteiger partial charge on any atom is 0.226 e. The van der Waals surface area contributed by atoms with Gasteiger partial charge in [0.1, 0.15) is 5.82 Å². The number of fused-ring (bicyclic) bond motifs is 1. The van der Waals surface area contributed by atoms with E-state index in [2.05, 4.69) is 34.5 Å². The summed E-state index contributed by atoms with van der Waals surface area (Å²) < 4.78 is 7.94. The number of ether oxygens (including phenoxy) is 1. The van der Waals surface area contributed by atoms with Crippen molar-refractivity contribution >= 4 is 11.7 Å². The molecule has 2 aliphatic heterocycles. The average Bonchev–Trinajstić information content (AvgIpc) is 3.07.